The second-order valence-electron chi connectivity index (χ2n) is 5.35. The quantitative estimate of drug-likeness (QED) is 0.941. The van der Waals surface area contributed by atoms with E-state index in [9.17, 15) is 4.79 Å². The molecular formula is C16H18ClN3O2. The van der Waals surface area contributed by atoms with Crippen molar-refractivity contribution in [1.82, 2.24) is 10.2 Å². The number of benzene rings is 1. The van der Waals surface area contributed by atoms with Gasteiger partial charge in [0.25, 0.3) is 5.56 Å². The molecule has 1 aliphatic heterocycles. The summed E-state index contributed by atoms with van der Waals surface area (Å²) >= 11 is 6.09. The fraction of sp³-hybridized carbons (Fsp3) is 0.375. The Morgan fingerprint density at radius 1 is 1.41 bits per heavy atom. The summed E-state index contributed by atoms with van der Waals surface area (Å²) in [5.74, 6) is 0.921. The number of rotatable bonds is 4. The molecule has 0 saturated heterocycles. The predicted molar refractivity (Wildman–Crippen MR) is 86.8 cm³/mol. The van der Waals surface area contributed by atoms with Crippen LogP contribution in [0.25, 0.3) is 0 Å². The average Bonchev–Trinajstić information content (AvgIpc) is 2.55. The molecule has 0 bridgehead atoms. The van der Waals surface area contributed by atoms with Crippen LogP contribution in [-0.4, -0.2) is 23.3 Å². The van der Waals surface area contributed by atoms with Crippen LogP contribution in [-0.2, 0) is 13.0 Å². The molecule has 0 radical (unpaired) electrons. The first-order valence-corrected chi connectivity index (χ1v) is 7.79. The van der Waals surface area contributed by atoms with E-state index < -0.39 is 0 Å². The van der Waals surface area contributed by atoms with Gasteiger partial charge in [-0.05, 0) is 36.1 Å². The largest absolute Gasteiger partial charge is 0.494 e. The van der Waals surface area contributed by atoms with E-state index in [1.807, 2.05) is 6.07 Å². The maximum atomic E-state index is 11.6. The summed E-state index contributed by atoms with van der Waals surface area (Å²) in [5, 5.41) is 6.38. The van der Waals surface area contributed by atoms with Gasteiger partial charge in [-0.3, -0.25) is 4.79 Å². The summed E-state index contributed by atoms with van der Waals surface area (Å²) < 4.78 is 5.68. The number of anilines is 1. The van der Waals surface area contributed by atoms with Gasteiger partial charge in [-0.25, -0.2) is 5.10 Å². The summed E-state index contributed by atoms with van der Waals surface area (Å²) in [6, 6.07) is 6.19. The number of aromatic amines is 1. The van der Waals surface area contributed by atoms with E-state index in [0.717, 1.165) is 31.7 Å². The number of aromatic nitrogens is 2. The van der Waals surface area contributed by atoms with Crippen molar-refractivity contribution in [3.63, 3.8) is 0 Å². The second kappa shape index (κ2) is 6.40. The van der Waals surface area contributed by atoms with E-state index in [4.69, 9.17) is 16.3 Å². The minimum atomic E-state index is -0.353. The Morgan fingerprint density at radius 3 is 3.09 bits per heavy atom. The molecule has 0 spiro atoms. The fourth-order valence-corrected chi connectivity index (χ4v) is 2.85. The third kappa shape index (κ3) is 2.95. The Bertz CT molecular complexity index is 730. The molecule has 0 aliphatic carbocycles. The molecule has 116 valence electrons. The van der Waals surface area contributed by atoms with Crippen LogP contribution in [0.15, 0.2) is 29.2 Å². The highest BCUT2D eigenvalue weighted by Crippen LogP contribution is 2.29. The van der Waals surface area contributed by atoms with E-state index in [-0.39, 0.29) is 10.6 Å². The van der Waals surface area contributed by atoms with Crippen molar-refractivity contribution in [3.05, 3.63) is 50.9 Å². The number of hydrogen-bond acceptors (Lipinski definition) is 4. The molecular weight excluding hydrogens is 302 g/mol. The van der Waals surface area contributed by atoms with Gasteiger partial charge in [-0.1, -0.05) is 24.6 Å². The number of nitrogens with zero attached hydrogens (tertiary/aromatic N) is 2. The molecule has 0 amide bonds. The third-order valence-corrected chi connectivity index (χ3v) is 4.15. The topological polar surface area (TPSA) is 58.2 Å². The van der Waals surface area contributed by atoms with E-state index in [1.165, 1.54) is 11.1 Å². The van der Waals surface area contributed by atoms with Crippen molar-refractivity contribution in [2.75, 3.05) is 18.1 Å². The Labute approximate surface area is 133 Å². The molecule has 2 heterocycles. The molecule has 1 aromatic carbocycles. The van der Waals surface area contributed by atoms with Gasteiger partial charge < -0.3 is 9.64 Å². The summed E-state index contributed by atoms with van der Waals surface area (Å²) in [4.78, 5) is 13.7. The highest BCUT2D eigenvalue weighted by atomic mass is 35.5. The lowest BCUT2D eigenvalue weighted by Crippen LogP contribution is -2.32. The van der Waals surface area contributed by atoms with Gasteiger partial charge in [0.15, 0.2) is 0 Å². The maximum absolute atomic E-state index is 11.6. The number of fused-ring (bicyclic) bond motifs is 1. The molecule has 1 aliphatic rings. The minimum absolute atomic E-state index is 0.196. The van der Waals surface area contributed by atoms with Crippen molar-refractivity contribution in [1.29, 1.82) is 0 Å². The SMILES string of the molecule is CCCOc1ccc2c(c1)CCN(c1cn[nH]c(=O)c1Cl)C2. The molecule has 22 heavy (non-hydrogen) atoms. The van der Waals surface area contributed by atoms with Gasteiger partial charge in [0.1, 0.15) is 10.8 Å². The highest BCUT2D eigenvalue weighted by molar-refractivity contribution is 6.32. The molecule has 6 heteroatoms. The number of H-pyrrole nitrogens is 1. The zero-order chi connectivity index (χ0) is 15.5. The lowest BCUT2D eigenvalue weighted by Gasteiger charge is -2.31. The van der Waals surface area contributed by atoms with E-state index in [0.29, 0.717) is 12.2 Å². The van der Waals surface area contributed by atoms with Crippen molar-refractivity contribution in [2.45, 2.75) is 26.3 Å². The molecule has 1 aromatic heterocycles. The van der Waals surface area contributed by atoms with Crippen LogP contribution in [0, 0.1) is 0 Å². The molecule has 0 unspecified atom stereocenters. The smallest absolute Gasteiger partial charge is 0.285 e. The van der Waals surface area contributed by atoms with Gasteiger partial charge in [0.05, 0.1) is 18.5 Å². The minimum Gasteiger partial charge on any atom is -0.494 e. The first kappa shape index (κ1) is 14.9. The van der Waals surface area contributed by atoms with Crippen molar-refractivity contribution >= 4 is 17.3 Å². The van der Waals surface area contributed by atoms with Crippen LogP contribution >= 0.6 is 11.6 Å². The van der Waals surface area contributed by atoms with Crippen LogP contribution in [0.3, 0.4) is 0 Å². The lowest BCUT2D eigenvalue weighted by atomic mass is 9.99. The van der Waals surface area contributed by atoms with E-state index >= 15 is 0 Å². The zero-order valence-corrected chi connectivity index (χ0v) is 13.2. The first-order chi connectivity index (χ1) is 10.7. The van der Waals surface area contributed by atoms with Crippen molar-refractivity contribution in [2.24, 2.45) is 0 Å². The number of nitrogens with one attached hydrogen (secondary N) is 1. The number of ether oxygens (including phenoxy) is 1. The van der Waals surface area contributed by atoms with Gasteiger partial charge in [0.2, 0.25) is 0 Å². The average molecular weight is 320 g/mol. The molecule has 0 atom stereocenters. The summed E-state index contributed by atoms with van der Waals surface area (Å²) in [6.07, 6.45) is 3.49. The van der Waals surface area contributed by atoms with Gasteiger partial charge in [-0.15, -0.1) is 0 Å². The zero-order valence-electron chi connectivity index (χ0n) is 12.4. The normalized spacial score (nSPS) is 13.8. The van der Waals surface area contributed by atoms with Crippen LogP contribution in [0.2, 0.25) is 5.02 Å². The molecule has 3 rings (SSSR count). The third-order valence-electron chi connectivity index (χ3n) is 3.78. The fourth-order valence-electron chi connectivity index (χ4n) is 2.64. The van der Waals surface area contributed by atoms with Gasteiger partial charge in [0, 0.05) is 13.1 Å². The van der Waals surface area contributed by atoms with Crippen LogP contribution < -0.4 is 15.2 Å². The van der Waals surface area contributed by atoms with E-state index in [2.05, 4.69) is 34.2 Å². The first-order valence-electron chi connectivity index (χ1n) is 7.41. The molecule has 0 saturated carbocycles. The molecule has 0 fully saturated rings. The molecule has 2 aromatic rings. The second-order valence-corrected chi connectivity index (χ2v) is 5.73. The lowest BCUT2D eigenvalue weighted by molar-refractivity contribution is 0.317. The van der Waals surface area contributed by atoms with Crippen molar-refractivity contribution in [3.8, 4) is 5.75 Å². The highest BCUT2D eigenvalue weighted by Gasteiger charge is 2.20. The molecule has 5 nitrogen and oxygen atoms in total. The van der Waals surface area contributed by atoms with Crippen LogP contribution in [0.4, 0.5) is 5.69 Å². The van der Waals surface area contributed by atoms with Gasteiger partial charge >= 0.3 is 0 Å². The summed E-state index contributed by atoms with van der Waals surface area (Å²) in [6.45, 7) is 4.35. The number of halogens is 1. The predicted octanol–water partition coefficient (Wildman–Crippen LogP) is 2.77. The Balaban J connectivity index is 1.82. The monoisotopic (exact) mass is 319 g/mol. The Kier molecular flexibility index (Phi) is 4.34. The maximum Gasteiger partial charge on any atom is 0.285 e. The molecule has 1 N–H and O–H groups in total. The summed E-state index contributed by atoms with van der Waals surface area (Å²) in [5.41, 5.74) is 2.85. The standard InChI is InChI=1S/C16H18ClN3O2/c1-2-7-22-13-4-3-12-10-20(6-5-11(12)8-13)14-9-18-19-16(21)15(14)17/h3-4,8-9H,2,5-7,10H2,1H3,(H,19,21). The summed E-state index contributed by atoms with van der Waals surface area (Å²) in [7, 11) is 0. The van der Waals surface area contributed by atoms with Crippen molar-refractivity contribution < 1.29 is 4.74 Å². The Hall–Kier alpha value is -2.01. The Morgan fingerprint density at radius 2 is 2.27 bits per heavy atom. The van der Waals surface area contributed by atoms with Crippen LogP contribution in [0.5, 0.6) is 5.75 Å². The van der Waals surface area contributed by atoms with Crippen LogP contribution in [0.1, 0.15) is 24.5 Å². The van der Waals surface area contributed by atoms with Gasteiger partial charge in [-0.2, -0.15) is 5.10 Å². The number of hydrogen-bond donors (Lipinski definition) is 1. The van der Waals surface area contributed by atoms with E-state index in [1.54, 1.807) is 6.20 Å².